The molecule has 2 aromatic carbocycles. The molecule has 1 unspecified atom stereocenters. The fraction of sp³-hybridized carbons (Fsp3) is 0.333. The van der Waals surface area contributed by atoms with Crippen molar-refractivity contribution in [2.75, 3.05) is 6.54 Å². The van der Waals surface area contributed by atoms with Crippen LogP contribution >= 0.6 is 0 Å². The first kappa shape index (κ1) is 12.6. The van der Waals surface area contributed by atoms with Gasteiger partial charge in [-0.2, -0.15) is 0 Å². The highest BCUT2D eigenvalue weighted by molar-refractivity contribution is 7.92. The smallest absolute Gasteiger partial charge is 0.196 e. The van der Waals surface area contributed by atoms with Crippen LogP contribution in [-0.2, 0) is 9.84 Å². The normalized spacial score (nSPS) is 20.5. The first-order valence-corrected chi connectivity index (χ1v) is 8.12. The van der Waals surface area contributed by atoms with E-state index in [-0.39, 0.29) is 0 Å². The van der Waals surface area contributed by atoms with Crippen molar-refractivity contribution in [2.24, 2.45) is 0 Å². The zero-order chi connectivity index (χ0) is 13.3. The van der Waals surface area contributed by atoms with E-state index in [1.165, 1.54) is 0 Å². The maximum absolute atomic E-state index is 12.7. The highest BCUT2D eigenvalue weighted by Crippen LogP contribution is 2.28. The average molecular weight is 274 g/mol. The van der Waals surface area contributed by atoms with E-state index < -0.39 is 15.2 Å². The average Bonchev–Trinajstić information content (AvgIpc) is 2.47. The summed E-state index contributed by atoms with van der Waals surface area (Å²) in [5, 5.41) is 5.49. The quantitative estimate of drug-likeness (QED) is 0.845. The van der Waals surface area contributed by atoms with Crippen LogP contribution in [0.15, 0.2) is 47.4 Å². The highest BCUT2D eigenvalue weighted by Gasteiger charge is 2.30. The van der Waals surface area contributed by atoms with Gasteiger partial charge >= 0.3 is 0 Å². The molecule has 0 saturated carbocycles. The molecule has 3 nitrogen and oxygen atoms in total. The monoisotopic (exact) mass is 274 g/mol. The predicted octanol–water partition coefficient (Wildman–Crippen LogP) is 2.73. The van der Waals surface area contributed by atoms with E-state index in [4.69, 9.17) is 0 Å². The van der Waals surface area contributed by atoms with Gasteiger partial charge in [-0.25, -0.2) is 13.7 Å². The number of piperidine rings is 1. The summed E-state index contributed by atoms with van der Waals surface area (Å²) in [5.41, 5.74) is 0. The Morgan fingerprint density at radius 2 is 1.79 bits per heavy atom. The fourth-order valence-electron chi connectivity index (χ4n) is 2.60. The topological polar surface area (TPSA) is 48.2 Å². The van der Waals surface area contributed by atoms with Crippen molar-refractivity contribution in [3.05, 3.63) is 42.5 Å². The van der Waals surface area contributed by atoms with Crippen LogP contribution in [-0.4, -0.2) is 20.3 Å². The molecule has 2 aromatic rings. The molecule has 0 amide bonds. The molecule has 1 atom stereocenters. The SMILES string of the molecule is O=S(=O)(c1cccc2ccccc12)C1CCCC[N]1. The number of hydrogen-bond donors (Lipinski definition) is 0. The van der Waals surface area contributed by atoms with Gasteiger partial charge in [0.1, 0.15) is 5.37 Å². The molecule has 0 N–H and O–H groups in total. The van der Waals surface area contributed by atoms with Crippen molar-refractivity contribution in [3.63, 3.8) is 0 Å². The van der Waals surface area contributed by atoms with Crippen molar-refractivity contribution in [3.8, 4) is 0 Å². The van der Waals surface area contributed by atoms with Crippen LogP contribution in [0, 0.1) is 0 Å². The van der Waals surface area contributed by atoms with E-state index in [1.54, 1.807) is 12.1 Å². The third-order valence-electron chi connectivity index (χ3n) is 3.61. The minimum absolute atomic E-state index is 0.418. The largest absolute Gasteiger partial charge is 0.222 e. The molecule has 0 bridgehead atoms. The lowest BCUT2D eigenvalue weighted by atomic mass is 10.1. The summed E-state index contributed by atoms with van der Waals surface area (Å²) in [4.78, 5) is 0.418. The lowest BCUT2D eigenvalue weighted by Gasteiger charge is -2.22. The molecule has 99 valence electrons. The number of benzene rings is 2. The van der Waals surface area contributed by atoms with Crippen molar-refractivity contribution in [2.45, 2.75) is 29.5 Å². The summed E-state index contributed by atoms with van der Waals surface area (Å²) >= 11 is 0. The Hall–Kier alpha value is -1.39. The van der Waals surface area contributed by atoms with E-state index in [2.05, 4.69) is 5.32 Å². The maximum atomic E-state index is 12.7. The second kappa shape index (κ2) is 4.94. The second-order valence-electron chi connectivity index (χ2n) is 4.88. The van der Waals surface area contributed by atoms with E-state index in [0.29, 0.717) is 17.9 Å². The summed E-state index contributed by atoms with van der Waals surface area (Å²) in [6.07, 6.45) is 2.59. The van der Waals surface area contributed by atoms with Gasteiger partial charge in [-0.1, -0.05) is 36.4 Å². The molecule has 1 aliphatic heterocycles. The second-order valence-corrected chi connectivity index (χ2v) is 6.95. The molecule has 3 rings (SSSR count). The summed E-state index contributed by atoms with van der Waals surface area (Å²) in [6, 6.07) is 13.0. The van der Waals surface area contributed by atoms with Gasteiger partial charge in [0, 0.05) is 11.9 Å². The van der Waals surface area contributed by atoms with Gasteiger partial charge in [0.2, 0.25) is 0 Å². The molecule has 0 aliphatic carbocycles. The van der Waals surface area contributed by atoms with Gasteiger partial charge < -0.3 is 0 Å². The Morgan fingerprint density at radius 3 is 2.58 bits per heavy atom. The van der Waals surface area contributed by atoms with E-state index in [1.807, 2.05) is 30.3 Å². The van der Waals surface area contributed by atoms with E-state index >= 15 is 0 Å². The van der Waals surface area contributed by atoms with Gasteiger partial charge in [-0.05, 0) is 30.7 Å². The highest BCUT2D eigenvalue weighted by atomic mass is 32.2. The van der Waals surface area contributed by atoms with Gasteiger partial charge in [-0.3, -0.25) is 0 Å². The lowest BCUT2D eigenvalue weighted by Crippen LogP contribution is -2.35. The van der Waals surface area contributed by atoms with Crippen LogP contribution < -0.4 is 5.32 Å². The van der Waals surface area contributed by atoms with Crippen LogP contribution in [0.2, 0.25) is 0 Å². The van der Waals surface area contributed by atoms with Gasteiger partial charge in [0.25, 0.3) is 0 Å². The number of fused-ring (bicyclic) bond motifs is 1. The Labute approximate surface area is 113 Å². The van der Waals surface area contributed by atoms with Crippen LogP contribution in [0.4, 0.5) is 0 Å². The van der Waals surface area contributed by atoms with Gasteiger partial charge in [-0.15, -0.1) is 0 Å². The number of hydrogen-bond acceptors (Lipinski definition) is 2. The van der Waals surface area contributed by atoms with Crippen molar-refractivity contribution in [1.29, 1.82) is 0 Å². The summed E-state index contributed by atoms with van der Waals surface area (Å²) in [7, 11) is -3.36. The molecular weight excluding hydrogens is 258 g/mol. The molecular formula is C15H16NO2S. The Morgan fingerprint density at radius 1 is 1.00 bits per heavy atom. The van der Waals surface area contributed by atoms with Crippen LogP contribution in [0.5, 0.6) is 0 Å². The number of sulfone groups is 1. The van der Waals surface area contributed by atoms with Crippen LogP contribution in [0.1, 0.15) is 19.3 Å². The minimum Gasteiger partial charge on any atom is -0.222 e. The molecule has 1 fully saturated rings. The Balaban J connectivity index is 2.12. The molecule has 0 spiro atoms. The minimum atomic E-state index is -3.36. The standard InChI is InChI=1S/C15H16NO2S/c17-19(18,15-10-3-4-11-16-15)14-9-5-7-12-6-1-2-8-13(12)14/h1-2,5-9,15H,3-4,10-11H2. The third kappa shape index (κ3) is 2.26. The number of rotatable bonds is 2. The molecule has 1 aliphatic rings. The first-order chi connectivity index (χ1) is 9.19. The van der Waals surface area contributed by atoms with Crippen LogP contribution in [0.3, 0.4) is 0 Å². The van der Waals surface area contributed by atoms with Crippen LogP contribution in [0.25, 0.3) is 10.8 Å². The molecule has 1 heterocycles. The lowest BCUT2D eigenvalue weighted by molar-refractivity contribution is 0.454. The summed E-state index contributed by atoms with van der Waals surface area (Å²) < 4.78 is 25.4. The Kier molecular flexibility index (Phi) is 3.29. The summed E-state index contributed by atoms with van der Waals surface area (Å²) in [5.74, 6) is 0. The zero-order valence-electron chi connectivity index (χ0n) is 10.6. The molecule has 1 saturated heterocycles. The molecule has 4 heteroatoms. The number of nitrogens with zero attached hydrogens (tertiary/aromatic N) is 1. The zero-order valence-corrected chi connectivity index (χ0v) is 11.4. The van der Waals surface area contributed by atoms with Gasteiger partial charge in [0.05, 0.1) is 4.90 Å². The van der Waals surface area contributed by atoms with Crippen molar-refractivity contribution < 1.29 is 8.42 Å². The molecule has 19 heavy (non-hydrogen) atoms. The predicted molar refractivity (Wildman–Crippen MR) is 75.8 cm³/mol. The molecule has 1 radical (unpaired) electrons. The summed E-state index contributed by atoms with van der Waals surface area (Å²) in [6.45, 7) is 0.661. The van der Waals surface area contributed by atoms with Crippen molar-refractivity contribution in [1.82, 2.24) is 5.32 Å². The van der Waals surface area contributed by atoms with E-state index in [0.717, 1.165) is 23.6 Å². The fourth-order valence-corrected chi connectivity index (χ4v) is 4.43. The van der Waals surface area contributed by atoms with E-state index in [9.17, 15) is 8.42 Å². The maximum Gasteiger partial charge on any atom is 0.196 e. The third-order valence-corrected chi connectivity index (χ3v) is 5.68. The van der Waals surface area contributed by atoms with Crippen molar-refractivity contribution >= 4 is 20.6 Å². The molecule has 0 aromatic heterocycles. The van der Waals surface area contributed by atoms with Gasteiger partial charge in [0.15, 0.2) is 9.84 Å². The Bertz CT molecular complexity index is 683. The first-order valence-electron chi connectivity index (χ1n) is 6.58.